The fraction of sp³-hybridized carbons (Fsp3) is 0.375. The first-order valence-electron chi connectivity index (χ1n) is 10.6. The van der Waals surface area contributed by atoms with Gasteiger partial charge >= 0.3 is 0 Å². The van der Waals surface area contributed by atoms with Gasteiger partial charge in [-0.1, -0.05) is 37.0 Å². The largest absolute Gasteiger partial charge is 0.497 e. The van der Waals surface area contributed by atoms with Crippen molar-refractivity contribution in [3.05, 3.63) is 52.0 Å². The quantitative estimate of drug-likeness (QED) is 0.344. The van der Waals surface area contributed by atoms with Gasteiger partial charge in [0.2, 0.25) is 0 Å². The number of methoxy groups -OCH3 is 2. The van der Waals surface area contributed by atoms with Crippen molar-refractivity contribution in [2.75, 3.05) is 14.2 Å². The van der Waals surface area contributed by atoms with E-state index in [1.165, 1.54) is 19.4 Å². The van der Waals surface area contributed by atoms with Crippen LogP contribution in [0.4, 0.5) is 0 Å². The molecule has 2 atom stereocenters. The van der Waals surface area contributed by atoms with E-state index in [-0.39, 0.29) is 10.9 Å². The van der Waals surface area contributed by atoms with E-state index in [0.29, 0.717) is 34.3 Å². The third-order valence-electron chi connectivity index (χ3n) is 4.73. The first kappa shape index (κ1) is 27.3. The van der Waals surface area contributed by atoms with Crippen molar-refractivity contribution in [1.29, 1.82) is 0 Å². The molecule has 0 radical (unpaired) electrons. The molecular formula is C24H29Cl2N3O5. The van der Waals surface area contributed by atoms with Gasteiger partial charge < -0.3 is 19.5 Å². The van der Waals surface area contributed by atoms with Gasteiger partial charge in [-0.3, -0.25) is 9.59 Å². The van der Waals surface area contributed by atoms with Gasteiger partial charge in [-0.2, -0.15) is 5.10 Å². The molecule has 0 aliphatic heterocycles. The van der Waals surface area contributed by atoms with Crippen LogP contribution >= 0.6 is 23.2 Å². The highest BCUT2D eigenvalue weighted by Gasteiger charge is 2.25. The van der Waals surface area contributed by atoms with E-state index in [1.54, 1.807) is 44.4 Å². The minimum absolute atomic E-state index is 0.142. The van der Waals surface area contributed by atoms with Gasteiger partial charge in [-0.15, -0.1) is 0 Å². The maximum absolute atomic E-state index is 12.8. The number of carbonyl (C=O) groups excluding carboxylic acids is 2. The Hall–Kier alpha value is -2.97. The number of nitrogens with zero attached hydrogens (tertiary/aromatic N) is 1. The van der Waals surface area contributed by atoms with E-state index in [0.717, 1.165) is 0 Å². The first-order valence-corrected chi connectivity index (χ1v) is 11.4. The number of rotatable bonds is 11. The summed E-state index contributed by atoms with van der Waals surface area (Å²) in [4.78, 5) is 25.5. The van der Waals surface area contributed by atoms with Crippen LogP contribution in [0, 0.1) is 5.92 Å². The zero-order valence-electron chi connectivity index (χ0n) is 19.7. The summed E-state index contributed by atoms with van der Waals surface area (Å²) < 4.78 is 16.1. The second-order valence-corrected chi connectivity index (χ2v) is 8.71. The van der Waals surface area contributed by atoms with Crippen molar-refractivity contribution in [1.82, 2.24) is 10.7 Å². The molecule has 8 nitrogen and oxygen atoms in total. The smallest absolute Gasteiger partial charge is 0.262 e. The Morgan fingerprint density at radius 3 is 2.35 bits per heavy atom. The molecule has 184 valence electrons. The fourth-order valence-electron chi connectivity index (χ4n) is 2.98. The highest BCUT2D eigenvalue weighted by Crippen LogP contribution is 2.28. The van der Waals surface area contributed by atoms with Crippen LogP contribution in [0.1, 0.15) is 32.8 Å². The van der Waals surface area contributed by atoms with E-state index >= 15 is 0 Å². The number of halogens is 2. The van der Waals surface area contributed by atoms with Crippen LogP contribution in [0.15, 0.2) is 41.5 Å². The number of carbonyl (C=O) groups is 2. The highest BCUT2D eigenvalue weighted by molar-refractivity contribution is 6.35. The second kappa shape index (κ2) is 13.1. The van der Waals surface area contributed by atoms with Crippen molar-refractivity contribution < 1.29 is 23.8 Å². The summed E-state index contributed by atoms with van der Waals surface area (Å²) in [6, 6.07) is 9.11. The Morgan fingerprint density at radius 1 is 1.00 bits per heavy atom. The SMILES string of the molecule is COc1ccc(/C=N\NC(=O)[C@@H](CC(C)C)NC(=O)[C@@H](C)Oc2ccc(Cl)cc2Cl)c(OC)c1. The third-order valence-corrected chi connectivity index (χ3v) is 5.26. The average Bonchev–Trinajstić information content (AvgIpc) is 2.79. The summed E-state index contributed by atoms with van der Waals surface area (Å²) in [6.07, 6.45) is 0.972. The standard InChI is InChI=1S/C24H29Cl2N3O5/c1-14(2)10-20(28-23(30)15(3)34-21-9-7-17(25)11-19(21)26)24(31)29-27-13-16-6-8-18(32-4)12-22(16)33-5/h6-9,11-15,20H,10H2,1-5H3,(H,28,30)(H,29,31)/b27-13-/t15-,20-/m1/s1. The lowest BCUT2D eigenvalue weighted by atomic mass is 10.0. The zero-order valence-corrected chi connectivity index (χ0v) is 21.2. The molecule has 0 aromatic heterocycles. The Labute approximate surface area is 209 Å². The van der Waals surface area contributed by atoms with E-state index in [4.69, 9.17) is 37.4 Å². The molecule has 2 amide bonds. The summed E-state index contributed by atoms with van der Waals surface area (Å²) in [5.74, 6) is 0.709. The Bertz CT molecular complexity index is 1030. The molecule has 2 aromatic carbocycles. The van der Waals surface area contributed by atoms with E-state index in [9.17, 15) is 9.59 Å². The van der Waals surface area contributed by atoms with Crippen LogP contribution in [0.25, 0.3) is 0 Å². The van der Waals surface area contributed by atoms with E-state index in [1.807, 2.05) is 13.8 Å². The number of hydrogen-bond acceptors (Lipinski definition) is 6. The molecule has 0 saturated carbocycles. The van der Waals surface area contributed by atoms with Crippen LogP contribution in [0.2, 0.25) is 10.0 Å². The Balaban J connectivity index is 2.04. The van der Waals surface area contributed by atoms with Crippen LogP contribution in [-0.2, 0) is 9.59 Å². The lowest BCUT2D eigenvalue weighted by Gasteiger charge is -2.22. The van der Waals surface area contributed by atoms with Gasteiger partial charge in [0.25, 0.3) is 11.8 Å². The molecule has 0 heterocycles. The Morgan fingerprint density at radius 2 is 1.74 bits per heavy atom. The van der Waals surface area contributed by atoms with Gasteiger partial charge in [-0.25, -0.2) is 5.43 Å². The second-order valence-electron chi connectivity index (χ2n) is 7.87. The van der Waals surface area contributed by atoms with E-state index < -0.39 is 24.0 Å². The number of ether oxygens (including phenoxy) is 3. The molecule has 0 unspecified atom stereocenters. The molecule has 0 aliphatic carbocycles. The van der Waals surface area contributed by atoms with Crippen molar-refractivity contribution in [3.63, 3.8) is 0 Å². The van der Waals surface area contributed by atoms with E-state index in [2.05, 4.69) is 15.8 Å². The van der Waals surface area contributed by atoms with Crippen LogP contribution < -0.4 is 25.0 Å². The highest BCUT2D eigenvalue weighted by atomic mass is 35.5. The topological polar surface area (TPSA) is 98.2 Å². The van der Waals surface area contributed by atoms with Crippen molar-refractivity contribution >= 4 is 41.2 Å². The molecule has 10 heteroatoms. The summed E-state index contributed by atoms with van der Waals surface area (Å²) in [6.45, 7) is 5.47. The minimum Gasteiger partial charge on any atom is -0.497 e. The van der Waals surface area contributed by atoms with Crippen molar-refractivity contribution in [2.24, 2.45) is 11.0 Å². The predicted octanol–water partition coefficient (Wildman–Crippen LogP) is 4.46. The van der Waals surface area contributed by atoms with Gasteiger partial charge in [0.05, 0.1) is 25.5 Å². The lowest BCUT2D eigenvalue weighted by molar-refractivity contribution is -0.132. The molecule has 34 heavy (non-hydrogen) atoms. The number of nitrogens with one attached hydrogen (secondary N) is 2. The number of benzene rings is 2. The number of hydrazone groups is 1. The Kier molecular flexibility index (Phi) is 10.5. The number of hydrogen-bond donors (Lipinski definition) is 2. The molecule has 2 N–H and O–H groups in total. The first-order chi connectivity index (χ1) is 16.1. The minimum atomic E-state index is -0.895. The molecule has 2 aromatic rings. The van der Waals surface area contributed by atoms with Crippen LogP contribution in [-0.4, -0.2) is 44.4 Å². The van der Waals surface area contributed by atoms with Gasteiger partial charge in [0, 0.05) is 16.7 Å². The van der Waals surface area contributed by atoms with Gasteiger partial charge in [-0.05, 0) is 49.6 Å². The zero-order chi connectivity index (χ0) is 25.3. The van der Waals surface area contributed by atoms with Crippen molar-refractivity contribution in [3.8, 4) is 17.2 Å². The third kappa shape index (κ3) is 8.11. The monoisotopic (exact) mass is 509 g/mol. The summed E-state index contributed by atoms with van der Waals surface area (Å²) in [5.41, 5.74) is 3.13. The van der Waals surface area contributed by atoms with Gasteiger partial charge in [0.15, 0.2) is 6.10 Å². The van der Waals surface area contributed by atoms with Gasteiger partial charge in [0.1, 0.15) is 23.3 Å². The maximum Gasteiger partial charge on any atom is 0.262 e. The average molecular weight is 510 g/mol. The molecule has 0 spiro atoms. The normalized spacial score (nSPS) is 12.8. The summed E-state index contributed by atoms with van der Waals surface area (Å²) in [5, 5.41) is 7.48. The fourth-order valence-corrected chi connectivity index (χ4v) is 3.43. The predicted molar refractivity (Wildman–Crippen MR) is 133 cm³/mol. The molecule has 0 saturated heterocycles. The lowest BCUT2D eigenvalue weighted by Crippen LogP contribution is -2.49. The summed E-state index contributed by atoms with van der Waals surface area (Å²) >= 11 is 12.0. The molecule has 0 aliphatic rings. The molecule has 0 fully saturated rings. The summed E-state index contributed by atoms with van der Waals surface area (Å²) in [7, 11) is 3.08. The van der Waals surface area contributed by atoms with Crippen LogP contribution in [0.3, 0.4) is 0 Å². The molecule has 2 rings (SSSR count). The van der Waals surface area contributed by atoms with Crippen LogP contribution in [0.5, 0.6) is 17.2 Å². The van der Waals surface area contributed by atoms with Crippen molar-refractivity contribution in [2.45, 2.75) is 39.3 Å². The maximum atomic E-state index is 12.8. The molecular weight excluding hydrogens is 481 g/mol. The number of amides is 2. The molecule has 0 bridgehead atoms.